The lowest BCUT2D eigenvalue weighted by atomic mass is 10.1. The lowest BCUT2D eigenvalue weighted by molar-refractivity contribution is 0.101. The molecule has 1 aromatic heterocycles. The molecule has 76 valence electrons. The summed E-state index contributed by atoms with van der Waals surface area (Å²) in [5, 5.41) is 1.13. The number of nitrogens with zero attached hydrogens (tertiary/aromatic N) is 1. The van der Waals surface area contributed by atoms with Crippen molar-refractivity contribution in [3.05, 3.63) is 41.1 Å². The normalized spacial score (nSPS) is 10.6. The van der Waals surface area contributed by atoms with Crippen molar-refractivity contribution in [2.75, 3.05) is 0 Å². The molecule has 0 aliphatic rings. The summed E-state index contributed by atoms with van der Waals surface area (Å²) in [6.07, 6.45) is 0. The molecule has 0 saturated carbocycles. The molecule has 2 heteroatoms. The van der Waals surface area contributed by atoms with E-state index in [1.165, 1.54) is 5.56 Å². The van der Waals surface area contributed by atoms with Gasteiger partial charge in [-0.05, 0) is 37.6 Å². The van der Waals surface area contributed by atoms with E-state index in [0.717, 1.165) is 16.5 Å². The van der Waals surface area contributed by atoms with Gasteiger partial charge in [0.1, 0.15) is 5.69 Å². The van der Waals surface area contributed by atoms with Crippen LogP contribution in [0.2, 0.25) is 0 Å². The van der Waals surface area contributed by atoms with Crippen LogP contribution < -0.4 is 0 Å². The van der Waals surface area contributed by atoms with Crippen molar-refractivity contribution in [1.29, 1.82) is 0 Å². The molecule has 2 nitrogen and oxygen atoms in total. The topological polar surface area (TPSA) is 30.0 Å². The van der Waals surface area contributed by atoms with Crippen molar-refractivity contribution < 1.29 is 4.79 Å². The number of Topliss-reactive ketones (excluding diaryl/α,β-unsaturated/α-hetero) is 1. The van der Waals surface area contributed by atoms with Gasteiger partial charge in [-0.3, -0.25) is 4.79 Å². The summed E-state index contributed by atoms with van der Waals surface area (Å²) in [5.74, 6) is 0.0144. The Morgan fingerprint density at radius 2 is 1.93 bits per heavy atom. The van der Waals surface area contributed by atoms with E-state index in [0.29, 0.717) is 5.69 Å². The summed E-state index contributed by atoms with van der Waals surface area (Å²) in [7, 11) is 0. The first-order chi connectivity index (χ1) is 7.08. The van der Waals surface area contributed by atoms with Crippen LogP contribution in [0.15, 0.2) is 24.3 Å². The Labute approximate surface area is 89.0 Å². The van der Waals surface area contributed by atoms with Crippen molar-refractivity contribution in [3.8, 4) is 0 Å². The third-order valence-corrected chi connectivity index (χ3v) is 2.53. The van der Waals surface area contributed by atoms with Crippen LogP contribution in [0.5, 0.6) is 0 Å². The van der Waals surface area contributed by atoms with Gasteiger partial charge in [-0.15, -0.1) is 0 Å². The zero-order valence-corrected chi connectivity index (χ0v) is 9.16. The highest BCUT2D eigenvalue weighted by Gasteiger charge is 2.05. The predicted octanol–water partition coefficient (Wildman–Crippen LogP) is 3.05. The van der Waals surface area contributed by atoms with Crippen LogP contribution in [0.3, 0.4) is 0 Å². The second kappa shape index (κ2) is 3.46. The van der Waals surface area contributed by atoms with Gasteiger partial charge < -0.3 is 0 Å². The Morgan fingerprint density at radius 3 is 2.60 bits per heavy atom. The Balaban J connectivity index is 2.78. The van der Waals surface area contributed by atoms with Crippen molar-refractivity contribution >= 4 is 16.7 Å². The zero-order valence-electron chi connectivity index (χ0n) is 9.16. The van der Waals surface area contributed by atoms with Gasteiger partial charge in [0.25, 0.3) is 0 Å². The summed E-state index contributed by atoms with van der Waals surface area (Å²) >= 11 is 0. The van der Waals surface area contributed by atoms with Gasteiger partial charge in [0, 0.05) is 12.3 Å². The summed E-state index contributed by atoms with van der Waals surface area (Å²) in [6.45, 7) is 5.61. The van der Waals surface area contributed by atoms with Crippen LogP contribution in [-0.4, -0.2) is 10.8 Å². The summed E-state index contributed by atoms with van der Waals surface area (Å²) in [4.78, 5) is 15.6. The van der Waals surface area contributed by atoms with E-state index in [2.05, 4.69) is 18.0 Å². The number of carbonyl (C=O) groups excluding carboxylic acids is 1. The highest BCUT2D eigenvalue weighted by molar-refractivity contribution is 5.95. The van der Waals surface area contributed by atoms with Gasteiger partial charge in [0.05, 0.1) is 5.52 Å². The molecule has 2 rings (SSSR count). The van der Waals surface area contributed by atoms with Gasteiger partial charge in [-0.25, -0.2) is 4.98 Å². The average Bonchev–Trinajstić information content (AvgIpc) is 2.18. The second-order valence-electron chi connectivity index (χ2n) is 3.90. The number of pyridine rings is 1. The molecule has 0 saturated heterocycles. The van der Waals surface area contributed by atoms with Crippen molar-refractivity contribution in [2.24, 2.45) is 0 Å². The van der Waals surface area contributed by atoms with Gasteiger partial charge in [0.2, 0.25) is 0 Å². The Bertz CT molecular complexity index is 543. The molecule has 1 heterocycles. The van der Waals surface area contributed by atoms with E-state index in [-0.39, 0.29) is 5.78 Å². The van der Waals surface area contributed by atoms with Gasteiger partial charge in [-0.1, -0.05) is 11.6 Å². The first-order valence-electron chi connectivity index (χ1n) is 4.97. The van der Waals surface area contributed by atoms with E-state index in [9.17, 15) is 4.79 Å². The van der Waals surface area contributed by atoms with E-state index in [1.54, 1.807) is 6.92 Å². The minimum absolute atomic E-state index is 0.0144. The van der Waals surface area contributed by atoms with Crippen LogP contribution in [0, 0.1) is 13.8 Å². The smallest absolute Gasteiger partial charge is 0.178 e. The van der Waals surface area contributed by atoms with Crippen LogP contribution in [0.4, 0.5) is 0 Å². The lowest BCUT2D eigenvalue weighted by Crippen LogP contribution is -1.98. The molecule has 2 aromatic rings. The number of benzene rings is 1. The molecule has 0 amide bonds. The van der Waals surface area contributed by atoms with Crippen LogP contribution in [0.1, 0.15) is 28.5 Å². The minimum Gasteiger partial charge on any atom is -0.293 e. The molecule has 1 aromatic carbocycles. The number of aryl methyl sites for hydroxylation is 2. The number of carbonyl (C=O) groups is 1. The Morgan fingerprint density at radius 1 is 1.20 bits per heavy atom. The third kappa shape index (κ3) is 1.75. The second-order valence-corrected chi connectivity index (χ2v) is 3.90. The summed E-state index contributed by atoms with van der Waals surface area (Å²) in [6, 6.07) is 7.93. The largest absolute Gasteiger partial charge is 0.293 e. The number of rotatable bonds is 1. The number of aromatic nitrogens is 1. The average molecular weight is 199 g/mol. The van der Waals surface area contributed by atoms with Crippen LogP contribution in [-0.2, 0) is 0 Å². The molecule has 0 aliphatic carbocycles. The molecular weight excluding hydrogens is 186 g/mol. The van der Waals surface area contributed by atoms with Crippen LogP contribution in [0.25, 0.3) is 10.9 Å². The predicted molar refractivity (Wildman–Crippen MR) is 61.2 cm³/mol. The van der Waals surface area contributed by atoms with Gasteiger partial charge in [-0.2, -0.15) is 0 Å². The summed E-state index contributed by atoms with van der Waals surface area (Å²) in [5.41, 5.74) is 3.76. The van der Waals surface area contributed by atoms with Crippen molar-refractivity contribution in [2.45, 2.75) is 20.8 Å². The number of ketones is 1. The maximum absolute atomic E-state index is 11.2. The molecule has 0 unspecified atom stereocenters. The minimum atomic E-state index is 0.0144. The highest BCUT2D eigenvalue weighted by atomic mass is 16.1. The standard InChI is InChI=1S/C13H13NO/c1-8-4-5-12-11(6-8)9(2)7-13(14-12)10(3)15/h4-7H,1-3H3. The first-order valence-corrected chi connectivity index (χ1v) is 4.97. The quantitative estimate of drug-likeness (QED) is 0.661. The summed E-state index contributed by atoms with van der Waals surface area (Å²) < 4.78 is 0. The van der Waals surface area contributed by atoms with E-state index >= 15 is 0 Å². The van der Waals surface area contributed by atoms with E-state index in [1.807, 2.05) is 25.1 Å². The molecule has 0 atom stereocenters. The SMILES string of the molecule is CC(=O)c1cc(C)c2cc(C)ccc2n1. The fraction of sp³-hybridized carbons (Fsp3) is 0.231. The monoisotopic (exact) mass is 199 g/mol. The number of hydrogen-bond acceptors (Lipinski definition) is 2. The molecular formula is C13H13NO. The lowest BCUT2D eigenvalue weighted by Gasteiger charge is -2.05. The number of fused-ring (bicyclic) bond motifs is 1. The Kier molecular flexibility index (Phi) is 2.27. The van der Waals surface area contributed by atoms with E-state index in [4.69, 9.17) is 0 Å². The molecule has 0 N–H and O–H groups in total. The van der Waals surface area contributed by atoms with Gasteiger partial charge >= 0.3 is 0 Å². The molecule has 0 bridgehead atoms. The molecule has 0 spiro atoms. The van der Waals surface area contributed by atoms with Gasteiger partial charge in [0.15, 0.2) is 5.78 Å². The molecule has 15 heavy (non-hydrogen) atoms. The fourth-order valence-corrected chi connectivity index (χ4v) is 1.69. The molecule has 0 fully saturated rings. The molecule has 0 aliphatic heterocycles. The van der Waals surface area contributed by atoms with E-state index < -0.39 is 0 Å². The number of hydrogen-bond donors (Lipinski definition) is 0. The van der Waals surface area contributed by atoms with Crippen LogP contribution >= 0.6 is 0 Å². The maximum Gasteiger partial charge on any atom is 0.178 e. The third-order valence-electron chi connectivity index (χ3n) is 2.53. The zero-order chi connectivity index (χ0) is 11.0. The first kappa shape index (κ1) is 9.84. The molecule has 0 radical (unpaired) electrons. The Hall–Kier alpha value is -1.70. The van der Waals surface area contributed by atoms with Crippen molar-refractivity contribution in [1.82, 2.24) is 4.98 Å². The van der Waals surface area contributed by atoms with Crippen molar-refractivity contribution in [3.63, 3.8) is 0 Å². The highest BCUT2D eigenvalue weighted by Crippen LogP contribution is 2.19. The fourth-order valence-electron chi connectivity index (χ4n) is 1.69. The maximum atomic E-state index is 11.2.